The van der Waals surface area contributed by atoms with Crippen LogP contribution in [0.2, 0.25) is 0 Å². The van der Waals surface area contributed by atoms with Crippen LogP contribution in [0.3, 0.4) is 0 Å². The summed E-state index contributed by atoms with van der Waals surface area (Å²) < 4.78 is 4.23. The third kappa shape index (κ3) is 4.23. The molecular weight excluding hydrogens is 160 g/mol. The quantitative estimate of drug-likeness (QED) is 0.220. The highest BCUT2D eigenvalue weighted by molar-refractivity contribution is 8.68. The lowest BCUT2D eigenvalue weighted by Gasteiger charge is -2.04. The molecule has 0 bridgehead atoms. The van der Waals surface area contributed by atoms with Gasteiger partial charge in [-0.15, -0.1) is 11.7 Å². The first-order valence-electron chi connectivity index (χ1n) is 2.03. The van der Waals surface area contributed by atoms with E-state index in [9.17, 15) is 4.79 Å². The highest BCUT2D eigenvalue weighted by Gasteiger charge is 2.06. The minimum absolute atomic E-state index is 0.578. The predicted octanol–water partition coefficient (Wildman–Crippen LogP) is 1.77. The second kappa shape index (κ2) is 4.58. The van der Waals surface area contributed by atoms with Crippen molar-refractivity contribution in [3.8, 4) is 0 Å². The van der Waals surface area contributed by atoms with Gasteiger partial charge in [0.05, 0.1) is 0 Å². The maximum Gasteiger partial charge on any atom is 0.507 e. The molecule has 0 aliphatic rings. The van der Waals surface area contributed by atoms with Crippen LogP contribution in [0.15, 0.2) is 12.7 Å². The van der Waals surface area contributed by atoms with E-state index in [2.05, 4.69) is 23.0 Å². The molecule has 9 heavy (non-hydrogen) atoms. The molecule has 1 atom stereocenters. The molecule has 0 fully saturated rings. The molecule has 0 spiro atoms. The smallest absolute Gasteiger partial charge is 0.450 e. The predicted molar refractivity (Wildman–Crippen MR) is 39.7 cm³/mol. The number of carboxylic acid groups (broad SMARTS) is 1. The number of hydrogen-bond acceptors (Lipinski definition) is 4. The maximum absolute atomic E-state index is 9.81. The molecule has 0 heterocycles. The van der Waals surface area contributed by atoms with Crippen LogP contribution in [-0.2, 0) is 4.74 Å². The largest absolute Gasteiger partial charge is 0.507 e. The van der Waals surface area contributed by atoms with Gasteiger partial charge in [-0.05, 0) is 16.9 Å². The second-order valence-corrected chi connectivity index (χ2v) is 2.40. The molecule has 0 aliphatic heterocycles. The lowest BCUT2D eigenvalue weighted by atomic mass is 10.7. The Morgan fingerprint density at radius 3 is 2.67 bits per heavy atom. The fraction of sp³-hybridized carbons (Fsp3) is 0.250. The summed E-state index contributed by atoms with van der Waals surface area (Å²) in [5.41, 5.74) is -0.578. The van der Waals surface area contributed by atoms with E-state index in [1.807, 2.05) is 0 Å². The van der Waals surface area contributed by atoms with Crippen LogP contribution >= 0.6 is 22.5 Å². The molecule has 0 aromatic rings. The molecule has 3 nitrogen and oxygen atoms in total. The first kappa shape index (κ1) is 8.71. The molecule has 52 valence electrons. The van der Waals surface area contributed by atoms with Crippen molar-refractivity contribution >= 4 is 28.6 Å². The monoisotopic (exact) mass is 166 g/mol. The van der Waals surface area contributed by atoms with Crippen LogP contribution in [0.4, 0.5) is 4.79 Å². The number of hydrogen-bond donors (Lipinski definition) is 2. The topological polar surface area (TPSA) is 46.5 Å². The summed E-state index contributed by atoms with van der Waals surface area (Å²) in [5.74, 6) is 0. The van der Waals surface area contributed by atoms with Crippen LogP contribution in [0.5, 0.6) is 0 Å². The van der Waals surface area contributed by atoms with Crippen LogP contribution in [0, 0.1) is 0 Å². The van der Waals surface area contributed by atoms with Crippen molar-refractivity contribution in [2.75, 3.05) is 0 Å². The van der Waals surface area contributed by atoms with Crippen molar-refractivity contribution < 1.29 is 14.6 Å². The van der Waals surface area contributed by atoms with Gasteiger partial charge < -0.3 is 9.84 Å². The summed E-state index contributed by atoms with van der Waals surface area (Å²) in [6.45, 7) is 3.33. The number of rotatable bonds is 3. The zero-order valence-corrected chi connectivity index (χ0v) is 6.19. The summed E-state index contributed by atoms with van der Waals surface area (Å²) in [4.78, 5) is 9.81. The number of carbonyl (C=O) groups is 1. The van der Waals surface area contributed by atoms with E-state index >= 15 is 0 Å². The van der Waals surface area contributed by atoms with E-state index in [1.54, 1.807) is 0 Å². The van der Waals surface area contributed by atoms with Crippen LogP contribution in [0.25, 0.3) is 0 Å². The van der Waals surface area contributed by atoms with Crippen molar-refractivity contribution in [1.29, 1.82) is 0 Å². The summed E-state index contributed by atoms with van der Waals surface area (Å²) >= 11 is 3.73. The van der Waals surface area contributed by atoms with Gasteiger partial charge in [0.25, 0.3) is 0 Å². The van der Waals surface area contributed by atoms with Gasteiger partial charge in [-0.25, -0.2) is 4.79 Å². The molecule has 5 heteroatoms. The second-order valence-electron chi connectivity index (χ2n) is 1.09. The number of thiol groups is 1. The molecule has 0 aliphatic carbocycles. The standard InChI is InChI=1S/C4H6O3S2/c1-2-3(9-8)7-4(5)6/h2-3,8H,1H2,(H,5,6). The van der Waals surface area contributed by atoms with Crippen molar-refractivity contribution in [1.82, 2.24) is 0 Å². The average molecular weight is 166 g/mol. The highest BCUT2D eigenvalue weighted by Crippen LogP contribution is 2.16. The summed E-state index contributed by atoms with van der Waals surface area (Å²) in [7, 11) is 0.972. The fourth-order valence-electron chi connectivity index (χ4n) is 0.212. The molecule has 0 saturated carbocycles. The molecule has 1 N–H and O–H groups in total. The van der Waals surface area contributed by atoms with E-state index < -0.39 is 11.6 Å². The van der Waals surface area contributed by atoms with E-state index in [-0.39, 0.29) is 0 Å². The van der Waals surface area contributed by atoms with Crippen molar-refractivity contribution in [3.63, 3.8) is 0 Å². The Balaban J connectivity index is 3.55. The van der Waals surface area contributed by atoms with Crippen molar-refractivity contribution in [2.24, 2.45) is 0 Å². The average Bonchev–Trinajstić information content (AvgIpc) is 1.82. The Labute approximate surface area is 61.9 Å². The molecule has 0 saturated heterocycles. The highest BCUT2D eigenvalue weighted by atomic mass is 33.1. The van der Waals surface area contributed by atoms with Crippen molar-refractivity contribution in [3.05, 3.63) is 12.7 Å². The van der Waals surface area contributed by atoms with Gasteiger partial charge in [0.1, 0.15) is 0 Å². The van der Waals surface area contributed by atoms with Crippen LogP contribution < -0.4 is 0 Å². The molecule has 0 radical (unpaired) electrons. The van der Waals surface area contributed by atoms with Gasteiger partial charge in [0.15, 0.2) is 5.44 Å². The van der Waals surface area contributed by atoms with Gasteiger partial charge in [-0.3, -0.25) is 0 Å². The normalized spacial score (nSPS) is 12.1. The molecule has 0 aromatic heterocycles. The Bertz CT molecular complexity index is 114. The van der Waals surface area contributed by atoms with E-state index in [4.69, 9.17) is 5.11 Å². The van der Waals surface area contributed by atoms with Crippen LogP contribution in [-0.4, -0.2) is 16.7 Å². The number of ether oxygens (including phenoxy) is 1. The Morgan fingerprint density at radius 2 is 2.56 bits per heavy atom. The lowest BCUT2D eigenvalue weighted by Crippen LogP contribution is -2.08. The molecule has 0 rings (SSSR count). The third-order valence-electron chi connectivity index (χ3n) is 0.513. The lowest BCUT2D eigenvalue weighted by molar-refractivity contribution is 0.0940. The zero-order valence-electron chi connectivity index (χ0n) is 4.48. The van der Waals surface area contributed by atoms with Gasteiger partial charge in [-0.2, -0.15) is 0 Å². The first-order chi connectivity index (χ1) is 4.20. The molecule has 0 amide bonds. The summed E-state index contributed by atoms with van der Waals surface area (Å²) in [6, 6.07) is 0. The Hall–Kier alpha value is -0.290. The van der Waals surface area contributed by atoms with E-state index in [0.717, 1.165) is 10.8 Å². The summed E-state index contributed by atoms with van der Waals surface area (Å²) in [6.07, 6.45) is 0.0349. The zero-order chi connectivity index (χ0) is 7.28. The van der Waals surface area contributed by atoms with E-state index in [1.165, 1.54) is 6.08 Å². The maximum atomic E-state index is 9.81. The summed E-state index contributed by atoms with van der Waals surface area (Å²) in [5, 5.41) is 8.03. The minimum atomic E-state index is -1.32. The Morgan fingerprint density at radius 1 is 2.00 bits per heavy atom. The SMILES string of the molecule is C=CC(OC(=O)O)SS. The fourth-order valence-corrected chi connectivity index (χ4v) is 0.811. The minimum Gasteiger partial charge on any atom is -0.450 e. The van der Waals surface area contributed by atoms with Gasteiger partial charge in [-0.1, -0.05) is 6.58 Å². The van der Waals surface area contributed by atoms with Crippen molar-refractivity contribution in [2.45, 2.75) is 5.44 Å². The van der Waals surface area contributed by atoms with Gasteiger partial charge in [0.2, 0.25) is 0 Å². The van der Waals surface area contributed by atoms with Gasteiger partial charge in [0, 0.05) is 0 Å². The molecule has 1 unspecified atom stereocenters. The molecule has 0 aromatic carbocycles. The van der Waals surface area contributed by atoms with E-state index in [0.29, 0.717) is 0 Å². The molecular formula is C4H6O3S2. The third-order valence-corrected chi connectivity index (χ3v) is 1.63. The van der Waals surface area contributed by atoms with Crippen LogP contribution in [0.1, 0.15) is 0 Å². The van der Waals surface area contributed by atoms with Gasteiger partial charge >= 0.3 is 6.16 Å². The first-order valence-corrected chi connectivity index (χ1v) is 3.96. The Kier molecular flexibility index (Phi) is 4.43.